The van der Waals surface area contributed by atoms with E-state index in [2.05, 4.69) is 22.3 Å². The minimum atomic E-state index is -0.144. The molecule has 35 heavy (non-hydrogen) atoms. The molecule has 0 bridgehead atoms. The molecule has 2 amide bonds. The van der Waals surface area contributed by atoms with E-state index < -0.39 is 0 Å². The second-order valence-corrected chi connectivity index (χ2v) is 10.2. The fourth-order valence-corrected chi connectivity index (χ4v) is 5.49. The predicted octanol–water partition coefficient (Wildman–Crippen LogP) is 5.13. The van der Waals surface area contributed by atoms with Gasteiger partial charge in [-0.3, -0.25) is 14.5 Å². The summed E-state index contributed by atoms with van der Waals surface area (Å²) in [5, 5.41) is 6.08. The zero-order valence-corrected chi connectivity index (χ0v) is 20.7. The molecule has 5 nitrogen and oxygen atoms in total. The summed E-state index contributed by atoms with van der Waals surface area (Å²) in [5.41, 5.74) is 1.98. The summed E-state index contributed by atoms with van der Waals surface area (Å²) in [6.07, 6.45) is 3.59. The van der Waals surface area contributed by atoms with E-state index in [1.807, 2.05) is 59.5 Å². The molecule has 0 aliphatic carbocycles. The average Bonchev–Trinajstić information content (AvgIpc) is 2.90. The number of rotatable bonds is 5. The van der Waals surface area contributed by atoms with E-state index in [0.717, 1.165) is 66.7 Å². The van der Waals surface area contributed by atoms with Crippen molar-refractivity contribution in [2.45, 2.75) is 38.3 Å². The molecule has 5 rings (SSSR count). The fraction of sp³-hybridized carbons (Fsp3) is 0.379. The lowest BCUT2D eigenvalue weighted by Gasteiger charge is -2.35. The molecular weight excluding hydrogens is 458 g/mol. The highest BCUT2D eigenvalue weighted by Crippen LogP contribution is 2.24. The van der Waals surface area contributed by atoms with Crippen LogP contribution in [0.1, 0.15) is 41.6 Å². The number of halogens is 1. The second kappa shape index (κ2) is 10.8. The van der Waals surface area contributed by atoms with Crippen LogP contribution in [0.15, 0.2) is 66.7 Å². The maximum atomic E-state index is 13.4. The number of carbonyl (C=O) groups excluding carboxylic acids is 2. The Morgan fingerprint density at radius 3 is 2.43 bits per heavy atom. The molecule has 0 saturated carbocycles. The Morgan fingerprint density at radius 2 is 1.63 bits per heavy atom. The highest BCUT2D eigenvalue weighted by molar-refractivity contribution is 6.30. The molecule has 2 aliphatic heterocycles. The number of benzene rings is 3. The highest BCUT2D eigenvalue weighted by atomic mass is 35.5. The molecular formula is C29H32ClN3O2. The Balaban J connectivity index is 1.14. The van der Waals surface area contributed by atoms with Gasteiger partial charge in [-0.2, -0.15) is 0 Å². The Bertz CT molecular complexity index is 1180. The van der Waals surface area contributed by atoms with Crippen molar-refractivity contribution < 1.29 is 9.59 Å². The monoisotopic (exact) mass is 489 g/mol. The van der Waals surface area contributed by atoms with Crippen LogP contribution in [0.2, 0.25) is 5.02 Å². The summed E-state index contributed by atoms with van der Waals surface area (Å²) in [6.45, 7) is 4.03. The molecule has 2 saturated heterocycles. The van der Waals surface area contributed by atoms with Gasteiger partial charge in [-0.05, 0) is 60.2 Å². The number of nitrogens with one attached hydrogen (secondary N) is 1. The van der Waals surface area contributed by atoms with Gasteiger partial charge in [-0.15, -0.1) is 0 Å². The lowest BCUT2D eigenvalue weighted by atomic mass is 9.94. The summed E-state index contributed by atoms with van der Waals surface area (Å²) in [4.78, 5) is 30.8. The molecule has 0 radical (unpaired) electrons. The van der Waals surface area contributed by atoms with Crippen molar-refractivity contribution >= 4 is 34.2 Å². The van der Waals surface area contributed by atoms with Gasteiger partial charge >= 0.3 is 0 Å². The first-order valence-corrected chi connectivity index (χ1v) is 13.0. The van der Waals surface area contributed by atoms with E-state index >= 15 is 0 Å². The van der Waals surface area contributed by atoms with Crippen molar-refractivity contribution in [1.29, 1.82) is 0 Å². The number of amides is 2. The zero-order chi connectivity index (χ0) is 24.2. The molecule has 2 heterocycles. The maximum Gasteiger partial charge on any atom is 0.254 e. The molecule has 2 fully saturated rings. The fourth-order valence-electron chi connectivity index (χ4n) is 5.36. The van der Waals surface area contributed by atoms with Crippen LogP contribution in [-0.4, -0.2) is 53.8 Å². The van der Waals surface area contributed by atoms with E-state index in [4.69, 9.17) is 11.6 Å². The Kier molecular flexibility index (Phi) is 7.35. The van der Waals surface area contributed by atoms with Crippen molar-refractivity contribution in [2.24, 2.45) is 5.92 Å². The number of nitrogens with zero attached hydrogens (tertiary/aromatic N) is 2. The van der Waals surface area contributed by atoms with Crippen LogP contribution >= 0.6 is 11.6 Å². The number of piperidine rings is 2. The van der Waals surface area contributed by atoms with Gasteiger partial charge < -0.3 is 10.2 Å². The van der Waals surface area contributed by atoms with Crippen LogP contribution in [-0.2, 0) is 11.3 Å². The molecule has 3 aromatic rings. The molecule has 182 valence electrons. The first-order valence-electron chi connectivity index (χ1n) is 12.6. The largest absolute Gasteiger partial charge is 0.353 e. The number of hydrogen-bond acceptors (Lipinski definition) is 3. The third kappa shape index (κ3) is 5.68. The van der Waals surface area contributed by atoms with Gasteiger partial charge in [0, 0.05) is 49.4 Å². The zero-order valence-electron chi connectivity index (χ0n) is 20.0. The Hall–Kier alpha value is -2.89. The van der Waals surface area contributed by atoms with Crippen molar-refractivity contribution in [3.05, 3.63) is 82.9 Å². The second-order valence-electron chi connectivity index (χ2n) is 9.80. The molecule has 3 aromatic carbocycles. The Morgan fingerprint density at radius 1 is 0.886 bits per heavy atom. The first kappa shape index (κ1) is 23.8. The number of fused-ring (bicyclic) bond motifs is 1. The number of likely N-dealkylation sites (tertiary alicyclic amines) is 2. The standard InChI is InChI=1S/C29H32ClN3O2/c30-24-12-10-21(11-13-24)19-32-17-14-25(15-18-32)31-28(34)23-7-4-16-33(20-23)29(35)27-9-3-6-22-5-1-2-8-26(22)27/h1-3,5-6,8-13,23,25H,4,7,14-20H2,(H,31,34). The minimum absolute atomic E-state index is 0.0230. The topological polar surface area (TPSA) is 52.7 Å². The van der Waals surface area contributed by atoms with Crippen molar-refractivity contribution in [1.82, 2.24) is 15.1 Å². The van der Waals surface area contributed by atoms with Crippen LogP contribution in [0.5, 0.6) is 0 Å². The number of carbonyl (C=O) groups is 2. The van der Waals surface area contributed by atoms with Crippen molar-refractivity contribution in [3.8, 4) is 0 Å². The highest BCUT2D eigenvalue weighted by Gasteiger charge is 2.31. The predicted molar refractivity (Wildman–Crippen MR) is 140 cm³/mol. The van der Waals surface area contributed by atoms with E-state index in [-0.39, 0.29) is 23.8 Å². The lowest BCUT2D eigenvalue weighted by Crippen LogP contribution is -2.50. The summed E-state index contributed by atoms with van der Waals surface area (Å²) < 4.78 is 0. The Labute approximate surface area is 212 Å². The molecule has 2 aliphatic rings. The molecule has 1 N–H and O–H groups in total. The third-order valence-corrected chi connectivity index (χ3v) is 7.60. The molecule has 0 aromatic heterocycles. The lowest BCUT2D eigenvalue weighted by molar-refractivity contribution is -0.127. The summed E-state index contributed by atoms with van der Waals surface area (Å²) in [6, 6.07) is 22.0. The quantitative estimate of drug-likeness (QED) is 0.540. The molecule has 6 heteroatoms. The molecule has 1 unspecified atom stereocenters. The minimum Gasteiger partial charge on any atom is -0.353 e. The van der Waals surface area contributed by atoms with Gasteiger partial charge in [0.25, 0.3) is 5.91 Å². The SMILES string of the molecule is O=C(NC1CCN(Cc2ccc(Cl)cc2)CC1)C1CCCN(C(=O)c2cccc3ccccc23)C1. The van der Waals surface area contributed by atoms with Gasteiger partial charge in [-0.1, -0.05) is 60.1 Å². The van der Waals surface area contributed by atoms with E-state index in [1.54, 1.807) is 0 Å². The summed E-state index contributed by atoms with van der Waals surface area (Å²) in [7, 11) is 0. The van der Waals surface area contributed by atoms with Crippen LogP contribution in [0, 0.1) is 5.92 Å². The van der Waals surface area contributed by atoms with Crippen LogP contribution in [0.25, 0.3) is 10.8 Å². The van der Waals surface area contributed by atoms with Gasteiger partial charge in [0.2, 0.25) is 5.91 Å². The van der Waals surface area contributed by atoms with E-state index in [0.29, 0.717) is 13.1 Å². The van der Waals surface area contributed by atoms with Crippen LogP contribution in [0.3, 0.4) is 0 Å². The van der Waals surface area contributed by atoms with Crippen LogP contribution in [0.4, 0.5) is 0 Å². The number of hydrogen-bond donors (Lipinski definition) is 1. The van der Waals surface area contributed by atoms with Crippen molar-refractivity contribution in [3.63, 3.8) is 0 Å². The van der Waals surface area contributed by atoms with Gasteiger partial charge in [0.1, 0.15) is 0 Å². The van der Waals surface area contributed by atoms with Gasteiger partial charge in [0.05, 0.1) is 5.92 Å². The van der Waals surface area contributed by atoms with Gasteiger partial charge in [0.15, 0.2) is 0 Å². The van der Waals surface area contributed by atoms with Gasteiger partial charge in [-0.25, -0.2) is 0 Å². The third-order valence-electron chi connectivity index (χ3n) is 7.35. The van der Waals surface area contributed by atoms with E-state index in [9.17, 15) is 9.59 Å². The summed E-state index contributed by atoms with van der Waals surface area (Å²) >= 11 is 5.99. The normalized spacial score (nSPS) is 19.6. The van der Waals surface area contributed by atoms with Crippen LogP contribution < -0.4 is 5.32 Å². The van der Waals surface area contributed by atoms with Crippen molar-refractivity contribution in [2.75, 3.05) is 26.2 Å². The van der Waals surface area contributed by atoms with E-state index in [1.165, 1.54) is 5.56 Å². The molecule has 1 atom stereocenters. The molecule has 0 spiro atoms. The average molecular weight is 490 g/mol. The maximum absolute atomic E-state index is 13.4. The first-order chi connectivity index (χ1) is 17.1. The summed E-state index contributed by atoms with van der Waals surface area (Å²) in [5.74, 6) is -0.0267. The smallest absolute Gasteiger partial charge is 0.254 e.